The Morgan fingerprint density at radius 1 is 1.18 bits per heavy atom. The van der Waals surface area contributed by atoms with Crippen LogP contribution in [0.5, 0.6) is 5.75 Å². The Labute approximate surface area is 228 Å². The summed E-state index contributed by atoms with van der Waals surface area (Å²) in [4.78, 5) is 15.6. The van der Waals surface area contributed by atoms with Gasteiger partial charge in [-0.1, -0.05) is 46.5 Å². The van der Waals surface area contributed by atoms with Crippen molar-refractivity contribution in [1.29, 1.82) is 0 Å². The van der Waals surface area contributed by atoms with Crippen molar-refractivity contribution in [3.05, 3.63) is 18.2 Å². The zero-order chi connectivity index (χ0) is 27.1. The molecule has 2 aromatic rings. The third-order valence-corrected chi connectivity index (χ3v) is 10.9. The van der Waals surface area contributed by atoms with Crippen LogP contribution in [0, 0.1) is 40.9 Å². The fourth-order valence-corrected chi connectivity index (χ4v) is 9.12. The van der Waals surface area contributed by atoms with Crippen molar-refractivity contribution in [2.24, 2.45) is 40.9 Å². The van der Waals surface area contributed by atoms with Gasteiger partial charge in [0.05, 0.1) is 12.7 Å². The number of rotatable bonds is 10. The molecule has 210 valence electrons. The van der Waals surface area contributed by atoms with Gasteiger partial charge in [0.15, 0.2) is 5.78 Å². The number of hydrogen-bond donors (Lipinski definition) is 1. The average Bonchev–Trinajstić information content (AvgIpc) is 3.43. The molecule has 1 heterocycles. The summed E-state index contributed by atoms with van der Waals surface area (Å²) in [7, 11) is 1.65. The second-order valence-corrected chi connectivity index (χ2v) is 13.5. The standard InChI is InChI=1S/C32H49N3O3/c1-6-8-14-31(3,37)19-21-9-11-25-23(16-21)13-15-32(4)26(25)17-22(7-2)30(32)29(36)20-35-33-27-12-10-24(38-5)18-28(27)34-35/h10,12,18,21-23,25-26,30,37H,6-9,11,13-17,19-20H2,1-5H3/t21-,22-,23-,25-,26+,30-,31?,32+/m1/s1. The molecule has 0 spiro atoms. The van der Waals surface area contributed by atoms with E-state index in [0.29, 0.717) is 23.5 Å². The van der Waals surface area contributed by atoms with E-state index in [-0.39, 0.29) is 17.9 Å². The van der Waals surface area contributed by atoms with Crippen molar-refractivity contribution in [2.75, 3.05) is 7.11 Å². The van der Waals surface area contributed by atoms with Crippen LogP contribution in [0.2, 0.25) is 0 Å². The second kappa shape index (κ2) is 10.9. The van der Waals surface area contributed by atoms with Gasteiger partial charge in [-0.2, -0.15) is 15.0 Å². The van der Waals surface area contributed by atoms with E-state index in [1.165, 1.54) is 32.1 Å². The van der Waals surface area contributed by atoms with Gasteiger partial charge in [-0.3, -0.25) is 4.79 Å². The smallest absolute Gasteiger partial charge is 0.160 e. The van der Waals surface area contributed by atoms with Crippen molar-refractivity contribution in [3.63, 3.8) is 0 Å². The summed E-state index contributed by atoms with van der Waals surface area (Å²) in [5, 5.41) is 20.2. The highest BCUT2D eigenvalue weighted by molar-refractivity contribution is 5.83. The summed E-state index contributed by atoms with van der Waals surface area (Å²) in [6.07, 6.45) is 12.5. The van der Waals surface area contributed by atoms with E-state index in [9.17, 15) is 9.90 Å². The highest BCUT2D eigenvalue weighted by Gasteiger charge is 2.59. The fraction of sp³-hybridized carbons (Fsp3) is 0.781. The molecule has 1 N–H and O–H groups in total. The van der Waals surface area contributed by atoms with Crippen molar-refractivity contribution < 1.29 is 14.6 Å². The van der Waals surface area contributed by atoms with Crippen molar-refractivity contribution >= 4 is 16.8 Å². The fourth-order valence-electron chi connectivity index (χ4n) is 9.12. The summed E-state index contributed by atoms with van der Waals surface area (Å²) in [6, 6.07) is 5.68. The molecule has 3 aliphatic carbocycles. The number of aliphatic hydroxyl groups is 1. The molecule has 38 heavy (non-hydrogen) atoms. The number of methoxy groups -OCH3 is 1. The van der Waals surface area contributed by atoms with Gasteiger partial charge in [0, 0.05) is 12.0 Å². The molecule has 1 aromatic heterocycles. The second-order valence-electron chi connectivity index (χ2n) is 13.5. The predicted molar refractivity (Wildman–Crippen MR) is 151 cm³/mol. The van der Waals surface area contributed by atoms with Gasteiger partial charge in [0.1, 0.15) is 23.3 Å². The molecule has 1 aromatic carbocycles. The third-order valence-electron chi connectivity index (χ3n) is 10.9. The average molecular weight is 524 g/mol. The van der Waals surface area contributed by atoms with Crippen LogP contribution in [0.25, 0.3) is 11.0 Å². The molecule has 8 atom stereocenters. The lowest BCUT2D eigenvalue weighted by Crippen LogP contribution is -2.46. The number of ether oxygens (including phenoxy) is 1. The Hall–Kier alpha value is -1.95. The van der Waals surface area contributed by atoms with Gasteiger partial charge >= 0.3 is 0 Å². The molecular weight excluding hydrogens is 474 g/mol. The van der Waals surface area contributed by atoms with E-state index in [0.717, 1.165) is 67.1 Å². The normalized spacial score (nSPS) is 34.5. The van der Waals surface area contributed by atoms with Crippen LogP contribution in [0.15, 0.2) is 18.2 Å². The largest absolute Gasteiger partial charge is 0.497 e. The summed E-state index contributed by atoms with van der Waals surface area (Å²) < 4.78 is 5.33. The third kappa shape index (κ3) is 5.26. The SMILES string of the molecule is CCCCC(C)(O)C[C@@H]1CC[C@@H]2[C@H](CC[C@@]3(C)[C@H]2C[C@@H](CC)[C@@H]3C(=O)Cn2nc3ccc(OC)cc3n2)C1. The molecule has 3 saturated carbocycles. The maximum Gasteiger partial charge on any atom is 0.160 e. The van der Waals surface area contributed by atoms with Crippen molar-refractivity contribution in [2.45, 2.75) is 110 Å². The van der Waals surface area contributed by atoms with Gasteiger partial charge in [0.25, 0.3) is 0 Å². The number of aromatic nitrogens is 3. The Bertz CT molecular complexity index is 1130. The first-order valence-electron chi connectivity index (χ1n) is 15.3. The highest BCUT2D eigenvalue weighted by atomic mass is 16.5. The van der Waals surface area contributed by atoms with Crippen LogP contribution >= 0.6 is 0 Å². The molecule has 3 fully saturated rings. The maximum atomic E-state index is 13.9. The molecule has 0 radical (unpaired) electrons. The van der Waals surface area contributed by atoms with Gasteiger partial charge in [-0.05, 0) is 99.0 Å². The number of carbonyl (C=O) groups is 1. The Kier molecular flexibility index (Phi) is 7.92. The van der Waals surface area contributed by atoms with E-state index >= 15 is 0 Å². The van der Waals surface area contributed by atoms with Crippen LogP contribution in [-0.2, 0) is 11.3 Å². The van der Waals surface area contributed by atoms with Gasteiger partial charge in [-0.15, -0.1) is 0 Å². The Morgan fingerprint density at radius 2 is 1.97 bits per heavy atom. The molecule has 0 amide bonds. The number of unbranched alkanes of at least 4 members (excludes halogenated alkanes) is 1. The number of Topliss-reactive ketones (excluding diaryl/α,β-unsaturated/α-hetero) is 1. The minimum Gasteiger partial charge on any atom is -0.497 e. The summed E-state index contributed by atoms with van der Waals surface area (Å²) >= 11 is 0. The molecular formula is C32H49N3O3. The highest BCUT2D eigenvalue weighted by Crippen LogP contribution is 2.64. The molecule has 1 unspecified atom stereocenters. The molecule has 0 saturated heterocycles. The van der Waals surface area contributed by atoms with Gasteiger partial charge in [-0.25, -0.2) is 0 Å². The van der Waals surface area contributed by atoms with Gasteiger partial charge < -0.3 is 9.84 Å². The quantitative estimate of drug-likeness (QED) is 0.369. The summed E-state index contributed by atoms with van der Waals surface area (Å²) in [5.41, 5.74) is 1.12. The molecule has 6 heteroatoms. The lowest BCUT2D eigenvalue weighted by Gasteiger charge is -2.52. The maximum absolute atomic E-state index is 13.9. The zero-order valence-corrected chi connectivity index (χ0v) is 24.3. The van der Waals surface area contributed by atoms with Crippen LogP contribution in [-0.4, -0.2) is 38.6 Å². The van der Waals surface area contributed by atoms with E-state index in [1.807, 2.05) is 18.2 Å². The lowest BCUT2D eigenvalue weighted by atomic mass is 9.53. The zero-order valence-electron chi connectivity index (χ0n) is 24.3. The minimum atomic E-state index is -0.522. The van der Waals surface area contributed by atoms with Crippen molar-refractivity contribution in [3.8, 4) is 5.75 Å². The van der Waals surface area contributed by atoms with Gasteiger partial charge in [0.2, 0.25) is 0 Å². The first-order valence-corrected chi connectivity index (χ1v) is 15.3. The van der Waals surface area contributed by atoms with E-state index in [1.54, 1.807) is 11.9 Å². The topological polar surface area (TPSA) is 77.2 Å². The summed E-state index contributed by atoms with van der Waals surface area (Å²) in [6.45, 7) is 9.22. The molecule has 6 nitrogen and oxygen atoms in total. The molecule has 3 aliphatic rings. The van der Waals surface area contributed by atoms with Crippen LogP contribution in [0.3, 0.4) is 0 Å². The minimum absolute atomic E-state index is 0.0776. The van der Waals surface area contributed by atoms with Crippen LogP contribution in [0.1, 0.15) is 98.3 Å². The first-order chi connectivity index (χ1) is 18.2. The van der Waals surface area contributed by atoms with Crippen LogP contribution in [0.4, 0.5) is 0 Å². The number of hydrogen-bond acceptors (Lipinski definition) is 5. The molecule has 0 bridgehead atoms. The Morgan fingerprint density at radius 3 is 2.71 bits per heavy atom. The number of benzene rings is 1. The molecule has 0 aliphatic heterocycles. The Balaban J connectivity index is 1.28. The van der Waals surface area contributed by atoms with Crippen molar-refractivity contribution in [1.82, 2.24) is 15.0 Å². The monoisotopic (exact) mass is 523 g/mol. The summed E-state index contributed by atoms with van der Waals surface area (Å²) in [5.74, 6) is 4.38. The number of ketones is 1. The lowest BCUT2D eigenvalue weighted by molar-refractivity contribution is -0.131. The van der Waals surface area contributed by atoms with E-state index in [2.05, 4.69) is 37.9 Å². The number of fused-ring (bicyclic) bond motifs is 4. The van der Waals surface area contributed by atoms with Crippen LogP contribution < -0.4 is 4.74 Å². The first kappa shape index (κ1) is 27.6. The van der Waals surface area contributed by atoms with E-state index < -0.39 is 5.60 Å². The van der Waals surface area contributed by atoms with E-state index in [4.69, 9.17) is 4.74 Å². The number of nitrogens with zero attached hydrogens (tertiary/aromatic N) is 3. The number of carbonyl (C=O) groups excluding carboxylic acids is 1. The predicted octanol–water partition coefficient (Wildman–Crippen LogP) is 6.84. The molecule has 5 rings (SSSR count).